The normalized spacial score (nSPS) is 13.7. The second-order valence-corrected chi connectivity index (χ2v) is 6.26. The molecular formula is C20H22ClN3. The van der Waals surface area contributed by atoms with Crippen LogP contribution >= 0.6 is 12.4 Å². The molecule has 0 unspecified atom stereocenters. The monoisotopic (exact) mass is 339 g/mol. The van der Waals surface area contributed by atoms with Crippen molar-refractivity contribution >= 4 is 24.3 Å². The highest BCUT2D eigenvalue weighted by Crippen LogP contribution is 2.32. The number of aromatic amines is 2. The Morgan fingerprint density at radius 1 is 1.00 bits per heavy atom. The zero-order valence-corrected chi connectivity index (χ0v) is 14.6. The number of nitrogens with one attached hydrogen (secondary N) is 2. The lowest BCUT2D eigenvalue weighted by molar-refractivity contribution is 0.690. The summed E-state index contributed by atoms with van der Waals surface area (Å²) < 4.78 is 0. The van der Waals surface area contributed by atoms with Gasteiger partial charge in [-0.05, 0) is 68.0 Å². The van der Waals surface area contributed by atoms with Gasteiger partial charge < -0.3 is 9.97 Å². The summed E-state index contributed by atoms with van der Waals surface area (Å²) in [6, 6.07) is 12.5. The van der Waals surface area contributed by atoms with Crippen molar-refractivity contribution in [3.05, 3.63) is 65.0 Å². The Kier molecular flexibility index (Phi) is 4.91. The van der Waals surface area contributed by atoms with E-state index in [0.717, 1.165) is 29.9 Å². The molecule has 0 aliphatic heterocycles. The number of fused-ring (bicyclic) bond motifs is 1. The molecule has 2 heterocycles. The van der Waals surface area contributed by atoms with Crippen LogP contribution in [0.1, 0.15) is 35.2 Å². The molecular weight excluding hydrogens is 318 g/mol. The Morgan fingerprint density at radius 2 is 1.75 bits per heavy atom. The lowest BCUT2D eigenvalue weighted by Crippen LogP contribution is -2.02. The van der Waals surface area contributed by atoms with Gasteiger partial charge in [0.05, 0.1) is 29.0 Å². The first-order valence-electron chi connectivity index (χ1n) is 8.29. The van der Waals surface area contributed by atoms with E-state index >= 15 is 0 Å². The SMILES string of the molecule is Cc1ccc(N=Cc2[nH]c(-c3ccc[nH]3)c3c2CCCC3)cc1.Cl. The number of rotatable bonds is 3. The van der Waals surface area contributed by atoms with Gasteiger partial charge in [0.1, 0.15) is 0 Å². The molecule has 1 aliphatic carbocycles. The molecule has 3 aromatic rings. The van der Waals surface area contributed by atoms with Crippen LogP contribution in [-0.2, 0) is 12.8 Å². The van der Waals surface area contributed by atoms with Crippen LogP contribution in [0.2, 0.25) is 0 Å². The lowest BCUT2D eigenvalue weighted by Gasteiger charge is -2.12. The van der Waals surface area contributed by atoms with E-state index in [2.05, 4.69) is 52.2 Å². The van der Waals surface area contributed by atoms with E-state index in [1.54, 1.807) is 0 Å². The first-order valence-corrected chi connectivity index (χ1v) is 8.29. The number of aliphatic imine (C=N–C) groups is 1. The van der Waals surface area contributed by atoms with Crippen LogP contribution in [-0.4, -0.2) is 16.2 Å². The summed E-state index contributed by atoms with van der Waals surface area (Å²) in [5, 5.41) is 0. The Bertz CT molecular complexity index is 827. The summed E-state index contributed by atoms with van der Waals surface area (Å²) in [6.07, 6.45) is 8.79. The van der Waals surface area contributed by atoms with Crippen molar-refractivity contribution in [1.82, 2.24) is 9.97 Å². The molecule has 0 amide bonds. The van der Waals surface area contributed by atoms with Gasteiger partial charge in [-0.2, -0.15) is 0 Å². The van der Waals surface area contributed by atoms with Gasteiger partial charge in [0, 0.05) is 6.20 Å². The first kappa shape index (κ1) is 16.6. The number of nitrogens with zero attached hydrogens (tertiary/aromatic N) is 1. The molecule has 24 heavy (non-hydrogen) atoms. The quantitative estimate of drug-likeness (QED) is 0.602. The van der Waals surface area contributed by atoms with Crippen LogP contribution in [0.4, 0.5) is 5.69 Å². The van der Waals surface area contributed by atoms with E-state index in [1.165, 1.54) is 35.2 Å². The molecule has 3 nitrogen and oxygen atoms in total. The average Bonchev–Trinajstić information content (AvgIpc) is 3.22. The van der Waals surface area contributed by atoms with Crippen molar-refractivity contribution in [2.24, 2.45) is 4.99 Å². The third-order valence-corrected chi connectivity index (χ3v) is 4.60. The molecule has 0 spiro atoms. The predicted molar refractivity (Wildman–Crippen MR) is 103 cm³/mol. The number of benzene rings is 1. The summed E-state index contributed by atoms with van der Waals surface area (Å²) in [4.78, 5) is 11.6. The number of hydrogen-bond acceptors (Lipinski definition) is 1. The Hall–Kier alpha value is -2.26. The molecule has 0 fully saturated rings. The van der Waals surface area contributed by atoms with Crippen molar-refractivity contribution in [2.45, 2.75) is 32.6 Å². The van der Waals surface area contributed by atoms with Crippen LogP contribution in [0.5, 0.6) is 0 Å². The van der Waals surface area contributed by atoms with Gasteiger partial charge in [0.15, 0.2) is 0 Å². The van der Waals surface area contributed by atoms with E-state index in [0.29, 0.717) is 0 Å². The van der Waals surface area contributed by atoms with Gasteiger partial charge in [0.25, 0.3) is 0 Å². The van der Waals surface area contributed by atoms with E-state index < -0.39 is 0 Å². The molecule has 1 aromatic carbocycles. The number of H-pyrrole nitrogens is 2. The zero-order chi connectivity index (χ0) is 15.6. The zero-order valence-electron chi connectivity index (χ0n) is 13.8. The molecule has 4 rings (SSSR count). The van der Waals surface area contributed by atoms with Crippen LogP contribution < -0.4 is 0 Å². The molecule has 0 radical (unpaired) electrons. The fraction of sp³-hybridized carbons (Fsp3) is 0.250. The maximum atomic E-state index is 4.65. The van der Waals surface area contributed by atoms with Gasteiger partial charge in [-0.25, -0.2) is 0 Å². The van der Waals surface area contributed by atoms with Gasteiger partial charge in [-0.1, -0.05) is 17.7 Å². The minimum absolute atomic E-state index is 0. The first-order chi connectivity index (χ1) is 11.3. The largest absolute Gasteiger partial charge is 0.360 e. The van der Waals surface area contributed by atoms with Gasteiger partial charge in [0.2, 0.25) is 0 Å². The molecule has 2 N–H and O–H groups in total. The Labute approximate surface area is 148 Å². The molecule has 2 aromatic heterocycles. The van der Waals surface area contributed by atoms with Gasteiger partial charge in [-0.3, -0.25) is 4.99 Å². The van der Waals surface area contributed by atoms with Crippen LogP contribution in [0.3, 0.4) is 0 Å². The maximum Gasteiger partial charge on any atom is 0.0659 e. The van der Waals surface area contributed by atoms with E-state index in [-0.39, 0.29) is 12.4 Å². The molecule has 1 aliphatic rings. The third-order valence-electron chi connectivity index (χ3n) is 4.60. The standard InChI is InChI=1S/C20H21N3.ClH/c1-14-8-10-15(11-9-14)22-13-19-16-5-2-3-6-17(16)20(23-19)18-7-4-12-21-18;/h4,7-13,21,23H,2-3,5-6H2,1H3;1H. The van der Waals surface area contributed by atoms with Gasteiger partial charge >= 0.3 is 0 Å². The van der Waals surface area contributed by atoms with Crippen molar-refractivity contribution in [3.63, 3.8) is 0 Å². The summed E-state index contributed by atoms with van der Waals surface area (Å²) >= 11 is 0. The van der Waals surface area contributed by atoms with Crippen molar-refractivity contribution < 1.29 is 0 Å². The van der Waals surface area contributed by atoms with Crippen LogP contribution in [0.15, 0.2) is 47.6 Å². The fourth-order valence-electron chi connectivity index (χ4n) is 3.36. The van der Waals surface area contributed by atoms with Crippen molar-refractivity contribution in [2.75, 3.05) is 0 Å². The topological polar surface area (TPSA) is 43.9 Å². The second-order valence-electron chi connectivity index (χ2n) is 6.26. The summed E-state index contributed by atoms with van der Waals surface area (Å²) in [5.74, 6) is 0. The molecule has 0 bridgehead atoms. The lowest BCUT2D eigenvalue weighted by atomic mass is 9.91. The number of aromatic nitrogens is 2. The van der Waals surface area contributed by atoms with Crippen LogP contribution in [0, 0.1) is 6.92 Å². The van der Waals surface area contributed by atoms with Crippen LogP contribution in [0.25, 0.3) is 11.4 Å². The Morgan fingerprint density at radius 3 is 2.46 bits per heavy atom. The third kappa shape index (κ3) is 3.17. The van der Waals surface area contributed by atoms with E-state index in [1.807, 2.05) is 18.5 Å². The molecule has 124 valence electrons. The van der Waals surface area contributed by atoms with E-state index in [9.17, 15) is 0 Å². The van der Waals surface area contributed by atoms with Crippen molar-refractivity contribution in [3.8, 4) is 11.4 Å². The van der Waals surface area contributed by atoms with E-state index in [4.69, 9.17) is 0 Å². The number of aryl methyl sites for hydroxylation is 1. The molecule has 0 saturated carbocycles. The summed E-state index contributed by atoms with van der Waals surface area (Å²) in [6.45, 7) is 2.09. The summed E-state index contributed by atoms with van der Waals surface area (Å²) in [7, 11) is 0. The van der Waals surface area contributed by atoms with Gasteiger partial charge in [-0.15, -0.1) is 12.4 Å². The predicted octanol–water partition coefficient (Wildman–Crippen LogP) is 5.37. The highest BCUT2D eigenvalue weighted by atomic mass is 35.5. The summed E-state index contributed by atoms with van der Waals surface area (Å²) in [5.41, 5.74) is 8.71. The highest BCUT2D eigenvalue weighted by molar-refractivity contribution is 5.86. The fourth-order valence-corrected chi connectivity index (χ4v) is 3.36. The minimum Gasteiger partial charge on any atom is -0.360 e. The smallest absolute Gasteiger partial charge is 0.0659 e. The number of halogens is 1. The molecule has 0 atom stereocenters. The molecule has 0 saturated heterocycles. The minimum atomic E-state index is 0. The highest BCUT2D eigenvalue weighted by Gasteiger charge is 2.20. The maximum absolute atomic E-state index is 4.65. The average molecular weight is 340 g/mol. The Balaban J connectivity index is 0.00000169. The van der Waals surface area contributed by atoms with Crippen molar-refractivity contribution in [1.29, 1.82) is 0 Å². The molecule has 4 heteroatoms. The number of hydrogen-bond donors (Lipinski definition) is 2. The second kappa shape index (κ2) is 7.10.